The molecule has 0 saturated heterocycles. The van der Waals surface area contributed by atoms with Crippen molar-refractivity contribution in [2.75, 3.05) is 0 Å². The molecule has 1 aromatic carbocycles. The molecular formula is C21H13ClN4O2. The number of rotatable bonds is 2. The van der Waals surface area contributed by atoms with Crippen LogP contribution in [0.2, 0.25) is 5.15 Å². The van der Waals surface area contributed by atoms with E-state index in [0.717, 1.165) is 16.7 Å². The summed E-state index contributed by atoms with van der Waals surface area (Å²) in [5.74, 6) is 0.556. The Kier molecular flexibility index (Phi) is 3.74. The minimum atomic E-state index is -0.212. The van der Waals surface area contributed by atoms with Crippen LogP contribution in [-0.2, 0) is 0 Å². The molecule has 4 aromatic heterocycles. The van der Waals surface area contributed by atoms with E-state index < -0.39 is 0 Å². The van der Waals surface area contributed by atoms with Crippen LogP contribution in [0.4, 0.5) is 0 Å². The number of H-pyrrole nitrogens is 1. The average molecular weight is 389 g/mol. The molecule has 5 aromatic rings. The number of aromatic nitrogens is 4. The molecule has 0 fully saturated rings. The largest absolute Gasteiger partial charge is 0.454 e. The Balaban J connectivity index is 1.87. The molecule has 0 atom stereocenters. The third kappa shape index (κ3) is 2.75. The molecule has 0 saturated carbocycles. The van der Waals surface area contributed by atoms with Gasteiger partial charge in [-0.3, -0.25) is 4.79 Å². The monoisotopic (exact) mass is 388 g/mol. The lowest BCUT2D eigenvalue weighted by Crippen LogP contribution is -2.06. The zero-order valence-corrected chi connectivity index (χ0v) is 15.5. The number of nitrogens with zero attached hydrogens (tertiary/aromatic N) is 3. The molecule has 0 bridgehead atoms. The van der Waals surface area contributed by atoms with Gasteiger partial charge in [-0.15, -0.1) is 0 Å². The predicted octanol–water partition coefficient (Wildman–Crippen LogP) is 4.76. The Hall–Kier alpha value is -3.51. The number of pyridine rings is 2. The first kappa shape index (κ1) is 16.6. The molecule has 0 spiro atoms. The highest BCUT2D eigenvalue weighted by Crippen LogP contribution is 2.34. The summed E-state index contributed by atoms with van der Waals surface area (Å²) >= 11 is 6.16. The van der Waals surface area contributed by atoms with Crippen molar-refractivity contribution in [2.24, 2.45) is 0 Å². The second kappa shape index (κ2) is 6.28. The molecule has 1 N–H and O–H groups in total. The topological polar surface area (TPSA) is 84.7 Å². The van der Waals surface area contributed by atoms with E-state index in [0.29, 0.717) is 33.5 Å². The smallest absolute Gasteiger partial charge is 0.209 e. The number of aromatic amines is 1. The van der Waals surface area contributed by atoms with Gasteiger partial charge in [0, 0.05) is 28.9 Å². The zero-order valence-electron chi connectivity index (χ0n) is 14.7. The van der Waals surface area contributed by atoms with Crippen LogP contribution >= 0.6 is 11.6 Å². The lowest BCUT2D eigenvalue weighted by atomic mass is 10.1. The molecule has 136 valence electrons. The summed E-state index contributed by atoms with van der Waals surface area (Å²) in [5, 5.41) is 1.30. The summed E-state index contributed by atoms with van der Waals surface area (Å²) in [5.41, 5.74) is 3.66. The van der Waals surface area contributed by atoms with Gasteiger partial charge < -0.3 is 9.40 Å². The van der Waals surface area contributed by atoms with Gasteiger partial charge in [-0.2, -0.15) is 0 Å². The van der Waals surface area contributed by atoms with Gasteiger partial charge in [-0.1, -0.05) is 29.8 Å². The van der Waals surface area contributed by atoms with Gasteiger partial charge in [0.15, 0.2) is 16.9 Å². The average Bonchev–Trinajstić information content (AvgIpc) is 3.11. The number of aryl methyl sites for hydroxylation is 1. The van der Waals surface area contributed by atoms with Crippen LogP contribution < -0.4 is 5.43 Å². The Morgan fingerprint density at radius 2 is 1.86 bits per heavy atom. The number of nitrogens with one attached hydrogen (secondary N) is 1. The summed E-state index contributed by atoms with van der Waals surface area (Å²) in [7, 11) is 0. The molecule has 0 unspecified atom stereocenters. The maximum Gasteiger partial charge on any atom is 0.209 e. The third-order valence-corrected chi connectivity index (χ3v) is 4.63. The molecule has 6 nitrogen and oxygen atoms in total. The van der Waals surface area contributed by atoms with Crippen molar-refractivity contribution >= 4 is 33.7 Å². The molecule has 5 rings (SSSR count). The van der Waals surface area contributed by atoms with Crippen LogP contribution in [0.25, 0.3) is 44.8 Å². The number of halogens is 1. The Morgan fingerprint density at radius 1 is 1.00 bits per heavy atom. The van der Waals surface area contributed by atoms with E-state index in [1.807, 2.05) is 43.3 Å². The molecule has 0 radical (unpaired) electrons. The lowest BCUT2D eigenvalue weighted by Gasteiger charge is -2.09. The number of hydrogen-bond acceptors (Lipinski definition) is 5. The highest BCUT2D eigenvalue weighted by atomic mass is 35.5. The fourth-order valence-corrected chi connectivity index (χ4v) is 3.47. The van der Waals surface area contributed by atoms with Gasteiger partial charge in [0.05, 0.1) is 0 Å². The quantitative estimate of drug-likeness (QED) is 0.441. The number of para-hydroxylation sites is 1. The van der Waals surface area contributed by atoms with Crippen molar-refractivity contribution in [2.45, 2.75) is 6.92 Å². The Morgan fingerprint density at radius 3 is 2.68 bits per heavy atom. The first-order chi connectivity index (χ1) is 13.6. The van der Waals surface area contributed by atoms with Crippen LogP contribution in [0.3, 0.4) is 0 Å². The van der Waals surface area contributed by atoms with E-state index in [2.05, 4.69) is 19.9 Å². The summed E-state index contributed by atoms with van der Waals surface area (Å²) in [6.07, 6.45) is 1.55. The Labute approximate surface area is 163 Å². The van der Waals surface area contributed by atoms with Crippen molar-refractivity contribution in [1.82, 2.24) is 19.9 Å². The fourth-order valence-electron chi connectivity index (χ4n) is 3.22. The van der Waals surface area contributed by atoms with Gasteiger partial charge in [0.25, 0.3) is 0 Å². The van der Waals surface area contributed by atoms with Gasteiger partial charge in [-0.05, 0) is 31.2 Å². The number of furan rings is 1. The second-order valence-electron chi connectivity index (χ2n) is 6.43. The van der Waals surface area contributed by atoms with E-state index in [9.17, 15) is 4.79 Å². The molecule has 0 aliphatic carbocycles. The van der Waals surface area contributed by atoms with Crippen molar-refractivity contribution in [1.29, 1.82) is 0 Å². The van der Waals surface area contributed by atoms with Gasteiger partial charge in [-0.25, -0.2) is 15.0 Å². The van der Waals surface area contributed by atoms with E-state index >= 15 is 0 Å². The van der Waals surface area contributed by atoms with Crippen molar-refractivity contribution < 1.29 is 4.42 Å². The van der Waals surface area contributed by atoms with Crippen LogP contribution in [0.1, 0.15) is 5.69 Å². The van der Waals surface area contributed by atoms with E-state index in [1.54, 1.807) is 12.3 Å². The fraction of sp³-hybridized carbons (Fsp3) is 0.0476. The Bertz CT molecular complexity index is 1370. The third-order valence-electron chi connectivity index (χ3n) is 4.44. The molecular weight excluding hydrogens is 376 g/mol. The summed E-state index contributed by atoms with van der Waals surface area (Å²) < 4.78 is 6.01. The lowest BCUT2D eigenvalue weighted by molar-refractivity contribution is 0.629. The predicted molar refractivity (Wildman–Crippen MR) is 108 cm³/mol. The number of hydrogen-bond donors (Lipinski definition) is 1. The minimum Gasteiger partial charge on any atom is -0.454 e. The number of fused-ring (bicyclic) bond motifs is 2. The first-order valence-electron chi connectivity index (χ1n) is 8.61. The minimum absolute atomic E-state index is 0.212. The second-order valence-corrected chi connectivity index (χ2v) is 6.82. The van der Waals surface area contributed by atoms with Crippen LogP contribution in [-0.4, -0.2) is 19.9 Å². The van der Waals surface area contributed by atoms with E-state index in [-0.39, 0.29) is 10.9 Å². The van der Waals surface area contributed by atoms with Crippen LogP contribution in [0.5, 0.6) is 0 Å². The SMILES string of the molecule is Cc1cc(-c2nc3c(=O)cc[nH]c3nc2-c2cc3ccccc3o2)cc(Cl)n1. The van der Waals surface area contributed by atoms with Crippen molar-refractivity contribution in [3.8, 4) is 22.7 Å². The summed E-state index contributed by atoms with van der Waals surface area (Å²) in [6, 6.07) is 14.6. The van der Waals surface area contributed by atoms with Gasteiger partial charge in [0.2, 0.25) is 5.43 Å². The van der Waals surface area contributed by atoms with Gasteiger partial charge in [0.1, 0.15) is 22.1 Å². The normalized spacial score (nSPS) is 11.4. The van der Waals surface area contributed by atoms with Crippen LogP contribution in [0, 0.1) is 6.92 Å². The summed E-state index contributed by atoms with van der Waals surface area (Å²) in [6.45, 7) is 1.84. The molecule has 0 amide bonds. The summed E-state index contributed by atoms with van der Waals surface area (Å²) in [4.78, 5) is 28.8. The standard InChI is InChI=1S/C21H13ClN4O2/c1-11-8-13(10-17(22)24-11)18-20(16-9-12-4-2-3-5-15(12)28-16)26-21-19(25-18)14(27)6-7-23-21/h2-10H,1H3,(H,23,26,27). The zero-order chi connectivity index (χ0) is 19.3. The van der Waals surface area contributed by atoms with E-state index in [1.165, 1.54) is 6.07 Å². The molecule has 0 aliphatic heterocycles. The van der Waals surface area contributed by atoms with Crippen LogP contribution in [0.15, 0.2) is 63.9 Å². The molecule has 0 aliphatic rings. The highest BCUT2D eigenvalue weighted by Gasteiger charge is 2.19. The van der Waals surface area contributed by atoms with Gasteiger partial charge >= 0.3 is 0 Å². The van der Waals surface area contributed by atoms with Crippen molar-refractivity contribution in [3.63, 3.8) is 0 Å². The molecule has 7 heteroatoms. The van der Waals surface area contributed by atoms with E-state index in [4.69, 9.17) is 16.0 Å². The highest BCUT2D eigenvalue weighted by molar-refractivity contribution is 6.29. The van der Waals surface area contributed by atoms with Crippen molar-refractivity contribution in [3.05, 3.63) is 75.8 Å². The molecule has 28 heavy (non-hydrogen) atoms. The number of benzene rings is 1. The maximum absolute atomic E-state index is 12.3. The molecule has 4 heterocycles. The maximum atomic E-state index is 12.3. The first-order valence-corrected chi connectivity index (χ1v) is 8.99.